The molecule has 0 rings (SSSR count). The molecule has 0 aliphatic heterocycles. The average molecular weight is 259 g/mol. The Kier molecular flexibility index (Phi) is 8.73. The molecule has 0 fully saturated rings. The van der Waals surface area contributed by atoms with Gasteiger partial charge in [0.1, 0.15) is 0 Å². The molecular formula is C13H29NO2Si. The summed E-state index contributed by atoms with van der Waals surface area (Å²) >= 11 is 0. The molecule has 102 valence electrons. The fraction of sp³-hybridized carbons (Fsp3) is 0.923. The molecule has 0 aromatic heterocycles. The Hall–Kier alpha value is -0.193. The van der Waals surface area contributed by atoms with Gasteiger partial charge in [-0.25, -0.2) is 0 Å². The largest absolute Gasteiger partial charge is 0.398 e. The first-order valence-electron chi connectivity index (χ1n) is 6.60. The second-order valence-corrected chi connectivity index (χ2v) is 8.63. The first kappa shape index (κ1) is 16.8. The van der Waals surface area contributed by atoms with E-state index < -0.39 is 8.56 Å². The van der Waals surface area contributed by atoms with Gasteiger partial charge in [0.15, 0.2) is 0 Å². The molecule has 0 radical (unpaired) electrons. The molecule has 0 heterocycles. The van der Waals surface area contributed by atoms with E-state index in [0.29, 0.717) is 5.92 Å². The smallest absolute Gasteiger partial charge is 0.334 e. The summed E-state index contributed by atoms with van der Waals surface area (Å²) in [4.78, 5) is 4.68. The predicted octanol–water partition coefficient (Wildman–Crippen LogP) is 3.64. The van der Waals surface area contributed by atoms with Gasteiger partial charge < -0.3 is 8.85 Å². The highest BCUT2D eigenvalue weighted by Gasteiger charge is 2.27. The lowest BCUT2D eigenvalue weighted by molar-refractivity contribution is 0.249. The van der Waals surface area contributed by atoms with Crippen LogP contribution < -0.4 is 0 Å². The van der Waals surface area contributed by atoms with Crippen molar-refractivity contribution in [3.8, 4) is 0 Å². The zero-order valence-electron chi connectivity index (χ0n) is 12.4. The molecule has 0 saturated carbocycles. The molecule has 3 nitrogen and oxygen atoms in total. The van der Waals surface area contributed by atoms with E-state index in [1.165, 1.54) is 5.71 Å². The standard InChI is InChI=1S/C13H29NO2Si/c1-7-13(11-12(2)3)14-9-8-10-17(6,15-4)16-5/h12H,7-11H2,1-6H3. The third kappa shape index (κ3) is 7.68. The number of hydrogen-bond acceptors (Lipinski definition) is 3. The highest BCUT2D eigenvalue weighted by Crippen LogP contribution is 2.14. The van der Waals surface area contributed by atoms with Crippen LogP contribution in [0.5, 0.6) is 0 Å². The van der Waals surface area contributed by atoms with E-state index in [-0.39, 0.29) is 0 Å². The van der Waals surface area contributed by atoms with Gasteiger partial charge in [-0.2, -0.15) is 0 Å². The van der Waals surface area contributed by atoms with Gasteiger partial charge in [0, 0.05) is 26.5 Å². The van der Waals surface area contributed by atoms with Gasteiger partial charge in [-0.15, -0.1) is 0 Å². The number of hydrogen-bond donors (Lipinski definition) is 0. The summed E-state index contributed by atoms with van der Waals surface area (Å²) in [7, 11) is 1.61. The Morgan fingerprint density at radius 1 is 1.24 bits per heavy atom. The van der Waals surface area contributed by atoms with Gasteiger partial charge in [0.2, 0.25) is 0 Å². The minimum Gasteiger partial charge on any atom is -0.398 e. The molecule has 0 N–H and O–H groups in total. The molecule has 0 aliphatic rings. The van der Waals surface area contributed by atoms with E-state index in [1.807, 2.05) is 0 Å². The quantitative estimate of drug-likeness (QED) is 0.359. The van der Waals surface area contributed by atoms with Gasteiger partial charge in [0.25, 0.3) is 0 Å². The molecule has 0 bridgehead atoms. The molecule has 0 spiro atoms. The summed E-state index contributed by atoms with van der Waals surface area (Å²) in [6.07, 6.45) is 3.26. The first-order valence-corrected chi connectivity index (χ1v) is 9.12. The third-order valence-electron chi connectivity index (χ3n) is 3.04. The predicted molar refractivity (Wildman–Crippen MR) is 77.1 cm³/mol. The van der Waals surface area contributed by atoms with Crippen LogP contribution in [0, 0.1) is 5.92 Å². The van der Waals surface area contributed by atoms with E-state index >= 15 is 0 Å². The van der Waals surface area contributed by atoms with Crippen LogP contribution in [-0.2, 0) is 8.85 Å². The molecule has 17 heavy (non-hydrogen) atoms. The van der Waals surface area contributed by atoms with Gasteiger partial charge in [-0.05, 0) is 37.8 Å². The van der Waals surface area contributed by atoms with Crippen LogP contribution in [0.25, 0.3) is 0 Å². The highest BCUT2D eigenvalue weighted by molar-refractivity contribution is 6.65. The number of rotatable bonds is 9. The molecule has 0 aliphatic carbocycles. The van der Waals surface area contributed by atoms with Gasteiger partial charge >= 0.3 is 8.56 Å². The Balaban J connectivity index is 3.99. The Morgan fingerprint density at radius 3 is 2.24 bits per heavy atom. The number of nitrogens with zero attached hydrogens (tertiary/aromatic N) is 1. The molecule has 0 amide bonds. The van der Waals surface area contributed by atoms with Gasteiger partial charge in [-0.3, -0.25) is 4.99 Å². The summed E-state index contributed by atoms with van der Waals surface area (Å²) in [5, 5.41) is 0. The summed E-state index contributed by atoms with van der Waals surface area (Å²) in [6, 6.07) is 1.02. The molecule has 0 unspecified atom stereocenters. The van der Waals surface area contributed by atoms with Gasteiger partial charge in [0.05, 0.1) is 0 Å². The maximum atomic E-state index is 5.45. The van der Waals surface area contributed by atoms with Crippen LogP contribution >= 0.6 is 0 Å². The topological polar surface area (TPSA) is 30.8 Å². The summed E-state index contributed by atoms with van der Waals surface area (Å²) in [6.45, 7) is 9.68. The first-order chi connectivity index (χ1) is 7.97. The van der Waals surface area contributed by atoms with Crippen LogP contribution in [0.3, 0.4) is 0 Å². The SMILES string of the molecule is CCC(CC(C)C)=NCCC[Si](C)(OC)OC. The fourth-order valence-corrected chi connectivity index (χ4v) is 3.09. The lowest BCUT2D eigenvalue weighted by Crippen LogP contribution is -2.35. The van der Waals surface area contributed by atoms with Crippen molar-refractivity contribution in [2.24, 2.45) is 10.9 Å². The Bertz CT molecular complexity index is 225. The van der Waals surface area contributed by atoms with E-state index in [9.17, 15) is 0 Å². The van der Waals surface area contributed by atoms with Crippen molar-refractivity contribution >= 4 is 14.3 Å². The van der Waals surface area contributed by atoms with E-state index in [0.717, 1.165) is 31.9 Å². The number of aliphatic imine (C=N–C) groups is 1. The summed E-state index contributed by atoms with van der Waals surface area (Å²) < 4.78 is 10.9. The molecule has 4 heteroatoms. The molecular weight excluding hydrogens is 230 g/mol. The second-order valence-electron chi connectivity index (χ2n) is 5.05. The lowest BCUT2D eigenvalue weighted by atomic mass is 10.1. The minimum atomic E-state index is -1.88. The highest BCUT2D eigenvalue weighted by atomic mass is 28.4. The molecule has 0 aromatic rings. The summed E-state index contributed by atoms with van der Waals surface area (Å²) in [5.74, 6) is 0.700. The van der Waals surface area contributed by atoms with Crippen molar-refractivity contribution in [3.63, 3.8) is 0 Å². The van der Waals surface area contributed by atoms with Crippen molar-refractivity contribution in [3.05, 3.63) is 0 Å². The third-order valence-corrected chi connectivity index (χ3v) is 6.03. The zero-order chi connectivity index (χ0) is 13.3. The lowest BCUT2D eigenvalue weighted by Gasteiger charge is -2.22. The van der Waals surface area contributed by atoms with Crippen molar-refractivity contribution in [1.82, 2.24) is 0 Å². The zero-order valence-corrected chi connectivity index (χ0v) is 13.4. The van der Waals surface area contributed by atoms with E-state index in [2.05, 4.69) is 32.3 Å². The average Bonchev–Trinajstić information content (AvgIpc) is 2.32. The Labute approximate surface area is 108 Å². The van der Waals surface area contributed by atoms with Crippen molar-refractivity contribution in [2.45, 2.75) is 52.6 Å². The van der Waals surface area contributed by atoms with Crippen LogP contribution in [0.15, 0.2) is 4.99 Å². The van der Waals surface area contributed by atoms with Gasteiger partial charge in [-0.1, -0.05) is 20.8 Å². The fourth-order valence-electron chi connectivity index (χ4n) is 1.72. The van der Waals surface area contributed by atoms with Crippen LogP contribution in [-0.4, -0.2) is 35.0 Å². The van der Waals surface area contributed by atoms with Crippen LogP contribution in [0.1, 0.15) is 40.0 Å². The molecule has 0 aromatic carbocycles. The van der Waals surface area contributed by atoms with Crippen LogP contribution in [0.4, 0.5) is 0 Å². The minimum absolute atomic E-state index is 0.700. The van der Waals surface area contributed by atoms with Crippen LogP contribution in [0.2, 0.25) is 12.6 Å². The van der Waals surface area contributed by atoms with E-state index in [4.69, 9.17) is 8.85 Å². The Morgan fingerprint density at radius 2 is 1.82 bits per heavy atom. The molecule has 0 atom stereocenters. The van der Waals surface area contributed by atoms with Crippen molar-refractivity contribution in [1.29, 1.82) is 0 Å². The summed E-state index contributed by atoms with van der Waals surface area (Å²) in [5.41, 5.74) is 1.35. The normalized spacial score (nSPS) is 13.5. The van der Waals surface area contributed by atoms with E-state index in [1.54, 1.807) is 14.2 Å². The van der Waals surface area contributed by atoms with Crippen molar-refractivity contribution in [2.75, 3.05) is 20.8 Å². The monoisotopic (exact) mass is 259 g/mol. The van der Waals surface area contributed by atoms with Crippen molar-refractivity contribution < 1.29 is 8.85 Å². The maximum absolute atomic E-state index is 5.45. The second kappa shape index (κ2) is 8.83. The maximum Gasteiger partial charge on any atom is 0.334 e. The molecule has 0 saturated heterocycles.